The van der Waals surface area contributed by atoms with Crippen LogP contribution in [-0.2, 0) is 13.0 Å². The van der Waals surface area contributed by atoms with E-state index in [0.29, 0.717) is 29.6 Å². The van der Waals surface area contributed by atoms with Crippen LogP contribution in [-0.4, -0.2) is 27.6 Å². The monoisotopic (exact) mass is 363 g/mol. The topological polar surface area (TPSA) is 91.9 Å². The fraction of sp³-hybridized carbons (Fsp3) is 0.250. The van der Waals surface area contributed by atoms with Crippen LogP contribution in [0.3, 0.4) is 0 Å². The zero-order valence-corrected chi connectivity index (χ0v) is 15.3. The second-order valence-electron chi connectivity index (χ2n) is 6.66. The first-order valence-electron chi connectivity index (χ1n) is 8.89. The highest BCUT2D eigenvalue weighted by Gasteiger charge is 2.21. The fourth-order valence-electron chi connectivity index (χ4n) is 3.07. The third kappa shape index (κ3) is 3.68. The summed E-state index contributed by atoms with van der Waals surface area (Å²) in [6, 6.07) is 9.33. The van der Waals surface area contributed by atoms with E-state index in [1.807, 2.05) is 38.1 Å². The Kier molecular flexibility index (Phi) is 4.60. The van der Waals surface area contributed by atoms with Gasteiger partial charge in [-0.05, 0) is 37.1 Å². The Morgan fingerprint density at radius 3 is 2.96 bits per heavy atom. The number of carbonyl (C=O) groups excluding carboxylic acids is 1. The van der Waals surface area contributed by atoms with E-state index in [0.717, 1.165) is 35.3 Å². The number of pyridine rings is 1. The molecule has 1 aliphatic heterocycles. The summed E-state index contributed by atoms with van der Waals surface area (Å²) in [5.41, 5.74) is 5.06. The van der Waals surface area contributed by atoms with Crippen molar-refractivity contribution in [3.05, 3.63) is 64.6 Å². The number of aromatic nitrogens is 3. The largest absolute Gasteiger partial charge is 0.439 e. The molecule has 3 N–H and O–H groups in total. The molecule has 0 aliphatic carbocycles. The average Bonchev–Trinajstić information content (AvgIpc) is 3.09. The van der Waals surface area contributed by atoms with Gasteiger partial charge >= 0.3 is 0 Å². The Balaban J connectivity index is 1.54. The van der Waals surface area contributed by atoms with Crippen LogP contribution in [0.2, 0.25) is 0 Å². The Morgan fingerprint density at radius 2 is 2.11 bits per heavy atom. The van der Waals surface area contributed by atoms with Crippen LogP contribution in [0.15, 0.2) is 36.5 Å². The van der Waals surface area contributed by atoms with Crippen LogP contribution in [0.5, 0.6) is 11.6 Å². The molecule has 0 unspecified atom stereocenters. The molecule has 0 spiro atoms. The summed E-state index contributed by atoms with van der Waals surface area (Å²) in [6.07, 6.45) is 2.56. The summed E-state index contributed by atoms with van der Waals surface area (Å²) in [7, 11) is 0. The van der Waals surface area contributed by atoms with Gasteiger partial charge in [-0.2, -0.15) is 5.10 Å². The van der Waals surface area contributed by atoms with Crippen LogP contribution in [0.1, 0.15) is 32.9 Å². The molecule has 1 amide bonds. The van der Waals surface area contributed by atoms with Crippen molar-refractivity contribution in [3.63, 3.8) is 0 Å². The maximum atomic E-state index is 12.7. The third-order valence-corrected chi connectivity index (χ3v) is 4.57. The van der Waals surface area contributed by atoms with E-state index in [1.165, 1.54) is 0 Å². The molecule has 0 bridgehead atoms. The minimum Gasteiger partial charge on any atom is -0.439 e. The van der Waals surface area contributed by atoms with Gasteiger partial charge in [0, 0.05) is 54.8 Å². The highest BCUT2D eigenvalue weighted by Crippen LogP contribution is 2.28. The molecule has 0 fully saturated rings. The molecule has 2 aromatic heterocycles. The zero-order chi connectivity index (χ0) is 18.8. The predicted molar refractivity (Wildman–Crippen MR) is 102 cm³/mol. The molecule has 27 heavy (non-hydrogen) atoms. The van der Waals surface area contributed by atoms with E-state index in [1.54, 1.807) is 12.3 Å². The van der Waals surface area contributed by atoms with Crippen molar-refractivity contribution < 1.29 is 9.53 Å². The lowest BCUT2D eigenvalue weighted by Gasteiger charge is -2.13. The van der Waals surface area contributed by atoms with Gasteiger partial charge in [0.25, 0.3) is 5.91 Å². The number of aryl methyl sites for hydroxylation is 2. The van der Waals surface area contributed by atoms with Crippen LogP contribution in [0.25, 0.3) is 0 Å². The lowest BCUT2D eigenvalue weighted by Crippen LogP contribution is -2.25. The van der Waals surface area contributed by atoms with Crippen molar-refractivity contribution in [2.45, 2.75) is 26.8 Å². The second kappa shape index (κ2) is 7.20. The number of rotatable bonds is 4. The first-order chi connectivity index (χ1) is 13.1. The summed E-state index contributed by atoms with van der Waals surface area (Å²) in [4.78, 5) is 16.9. The predicted octanol–water partition coefficient (Wildman–Crippen LogP) is 3.11. The summed E-state index contributed by atoms with van der Waals surface area (Å²) >= 11 is 0. The van der Waals surface area contributed by atoms with E-state index < -0.39 is 0 Å². The van der Waals surface area contributed by atoms with Crippen LogP contribution < -0.4 is 15.4 Å². The van der Waals surface area contributed by atoms with Crippen molar-refractivity contribution >= 4 is 11.6 Å². The second-order valence-corrected chi connectivity index (χ2v) is 6.66. The van der Waals surface area contributed by atoms with Crippen molar-refractivity contribution in [2.24, 2.45) is 0 Å². The molecule has 0 atom stereocenters. The first kappa shape index (κ1) is 17.2. The van der Waals surface area contributed by atoms with Crippen LogP contribution >= 0.6 is 0 Å². The summed E-state index contributed by atoms with van der Waals surface area (Å²) in [6.45, 7) is 5.47. The van der Waals surface area contributed by atoms with E-state index in [9.17, 15) is 4.79 Å². The minimum absolute atomic E-state index is 0.236. The number of hydrogen-bond acceptors (Lipinski definition) is 5. The molecule has 3 aromatic rings. The number of hydrogen-bond donors (Lipinski definition) is 3. The van der Waals surface area contributed by atoms with Gasteiger partial charge < -0.3 is 15.4 Å². The van der Waals surface area contributed by atoms with Crippen molar-refractivity contribution in [3.8, 4) is 11.6 Å². The van der Waals surface area contributed by atoms with E-state index in [2.05, 4.69) is 25.8 Å². The van der Waals surface area contributed by atoms with Crippen molar-refractivity contribution in [1.29, 1.82) is 0 Å². The molecular formula is C20H21N5O2. The summed E-state index contributed by atoms with van der Waals surface area (Å²) < 4.78 is 5.90. The van der Waals surface area contributed by atoms with Gasteiger partial charge in [0.1, 0.15) is 5.75 Å². The van der Waals surface area contributed by atoms with Gasteiger partial charge in [0.2, 0.25) is 5.88 Å². The van der Waals surface area contributed by atoms with Crippen LogP contribution in [0, 0.1) is 13.8 Å². The summed E-state index contributed by atoms with van der Waals surface area (Å²) in [5, 5.41) is 13.3. The van der Waals surface area contributed by atoms with E-state index in [-0.39, 0.29) is 5.91 Å². The molecule has 3 heterocycles. The minimum atomic E-state index is -0.236. The number of nitrogens with one attached hydrogen (secondary N) is 3. The molecule has 0 saturated heterocycles. The van der Waals surface area contributed by atoms with Gasteiger partial charge in [-0.3, -0.25) is 9.89 Å². The van der Waals surface area contributed by atoms with Gasteiger partial charge in [-0.1, -0.05) is 6.07 Å². The Hall–Kier alpha value is -3.19. The average molecular weight is 363 g/mol. The first-order valence-corrected chi connectivity index (χ1v) is 8.89. The normalized spacial score (nSPS) is 13.1. The fourth-order valence-corrected chi connectivity index (χ4v) is 3.07. The number of benzene rings is 1. The van der Waals surface area contributed by atoms with Crippen molar-refractivity contribution in [2.75, 3.05) is 11.9 Å². The highest BCUT2D eigenvalue weighted by molar-refractivity contribution is 6.04. The lowest BCUT2D eigenvalue weighted by molar-refractivity contribution is 0.102. The molecule has 0 saturated carbocycles. The molecule has 4 rings (SSSR count). The van der Waals surface area contributed by atoms with E-state index >= 15 is 0 Å². The molecule has 7 nitrogen and oxygen atoms in total. The molecule has 138 valence electrons. The number of nitrogens with zero attached hydrogens (tertiary/aromatic N) is 2. The molecule has 1 aliphatic rings. The van der Waals surface area contributed by atoms with E-state index in [4.69, 9.17) is 4.74 Å². The quantitative estimate of drug-likeness (QED) is 0.662. The maximum absolute atomic E-state index is 12.7. The number of anilines is 1. The number of carbonyl (C=O) groups is 1. The smallest absolute Gasteiger partial charge is 0.276 e. The zero-order valence-electron chi connectivity index (χ0n) is 15.3. The number of H-pyrrole nitrogens is 1. The summed E-state index contributed by atoms with van der Waals surface area (Å²) in [5.74, 6) is 0.935. The number of fused-ring (bicyclic) bond motifs is 1. The molecule has 7 heteroatoms. The Labute approximate surface area is 157 Å². The van der Waals surface area contributed by atoms with Crippen LogP contribution in [0.4, 0.5) is 5.69 Å². The SMILES string of the molecule is Cc1ccnc(Oc2cc(NC(=O)c3n[nH]c4c3CNCC4)ccc2C)c1. The Morgan fingerprint density at radius 1 is 1.22 bits per heavy atom. The highest BCUT2D eigenvalue weighted by atomic mass is 16.5. The van der Waals surface area contributed by atoms with Gasteiger partial charge in [0.15, 0.2) is 5.69 Å². The number of ether oxygens (including phenoxy) is 1. The maximum Gasteiger partial charge on any atom is 0.276 e. The number of amides is 1. The standard InChI is InChI=1S/C20H21N5O2/c1-12-5-8-22-18(9-12)27-17-10-14(4-3-13(17)2)23-20(26)19-15-11-21-7-6-16(15)24-25-19/h3-5,8-10,21H,6-7,11H2,1-2H3,(H,23,26)(H,24,25). The van der Waals surface area contributed by atoms with Gasteiger partial charge in [0.05, 0.1) is 0 Å². The molecular weight excluding hydrogens is 342 g/mol. The third-order valence-electron chi connectivity index (χ3n) is 4.57. The molecule has 0 radical (unpaired) electrons. The molecule has 1 aromatic carbocycles. The number of aromatic amines is 1. The van der Waals surface area contributed by atoms with Gasteiger partial charge in [-0.15, -0.1) is 0 Å². The lowest BCUT2D eigenvalue weighted by atomic mass is 10.1. The van der Waals surface area contributed by atoms with Gasteiger partial charge in [-0.25, -0.2) is 4.98 Å². The Bertz CT molecular complexity index is 996. The van der Waals surface area contributed by atoms with Crippen molar-refractivity contribution in [1.82, 2.24) is 20.5 Å².